The second-order valence-corrected chi connectivity index (χ2v) is 3.44. The maximum absolute atomic E-state index is 11.6. The highest BCUT2D eigenvalue weighted by atomic mass is 16.5. The number of ether oxygens (including phenoxy) is 1. The maximum Gasteiger partial charge on any atom is 0.320 e. The minimum atomic E-state index is -1.18. The summed E-state index contributed by atoms with van der Waals surface area (Å²) in [7, 11) is 1.52. The summed E-state index contributed by atoms with van der Waals surface area (Å²) in [4.78, 5) is 22.7. The van der Waals surface area contributed by atoms with Gasteiger partial charge in [0.2, 0.25) is 5.91 Å². The van der Waals surface area contributed by atoms with E-state index in [9.17, 15) is 9.59 Å². The van der Waals surface area contributed by atoms with Crippen LogP contribution in [0.3, 0.4) is 0 Å². The number of rotatable bonds is 5. The van der Waals surface area contributed by atoms with E-state index in [-0.39, 0.29) is 0 Å². The molecule has 0 saturated carbocycles. The normalized spacial score (nSPS) is 11.6. The van der Waals surface area contributed by atoms with Crippen LogP contribution in [0.4, 0.5) is 0 Å². The summed E-state index contributed by atoms with van der Waals surface area (Å²) in [6, 6.07) is 6.41. The standard InChI is InChI=1S/C12H15NO4/c1-3-13-11(14)10(12(15)16)8-4-6-9(17-2)7-5-8/h4-7,10H,3H2,1-2H3,(H,13,14)(H,15,16). The van der Waals surface area contributed by atoms with E-state index < -0.39 is 17.8 Å². The number of benzene rings is 1. The molecule has 17 heavy (non-hydrogen) atoms. The molecule has 0 radical (unpaired) electrons. The van der Waals surface area contributed by atoms with Crippen LogP contribution in [-0.4, -0.2) is 30.6 Å². The van der Waals surface area contributed by atoms with Crippen molar-refractivity contribution in [2.24, 2.45) is 0 Å². The Kier molecular flexibility index (Phi) is 4.51. The van der Waals surface area contributed by atoms with Crippen molar-refractivity contribution in [1.82, 2.24) is 5.32 Å². The maximum atomic E-state index is 11.6. The Bertz CT molecular complexity index is 399. The van der Waals surface area contributed by atoms with Crippen molar-refractivity contribution in [3.8, 4) is 5.75 Å². The molecular weight excluding hydrogens is 222 g/mol. The van der Waals surface area contributed by atoms with Gasteiger partial charge in [-0.15, -0.1) is 0 Å². The first-order valence-corrected chi connectivity index (χ1v) is 5.24. The van der Waals surface area contributed by atoms with Gasteiger partial charge in [0.05, 0.1) is 7.11 Å². The first-order chi connectivity index (χ1) is 8.10. The van der Waals surface area contributed by atoms with E-state index in [4.69, 9.17) is 9.84 Å². The van der Waals surface area contributed by atoms with Crippen LogP contribution < -0.4 is 10.1 Å². The van der Waals surface area contributed by atoms with E-state index in [0.717, 1.165) is 0 Å². The van der Waals surface area contributed by atoms with Gasteiger partial charge in [-0.1, -0.05) is 12.1 Å². The predicted molar refractivity (Wildman–Crippen MR) is 62.1 cm³/mol. The molecule has 1 atom stereocenters. The average molecular weight is 237 g/mol. The van der Waals surface area contributed by atoms with Crippen molar-refractivity contribution >= 4 is 11.9 Å². The summed E-state index contributed by atoms with van der Waals surface area (Å²) in [6.45, 7) is 2.14. The van der Waals surface area contributed by atoms with Crippen molar-refractivity contribution in [2.75, 3.05) is 13.7 Å². The van der Waals surface area contributed by atoms with Gasteiger partial charge in [-0.2, -0.15) is 0 Å². The molecule has 0 heterocycles. The fourth-order valence-electron chi connectivity index (χ4n) is 1.48. The SMILES string of the molecule is CCNC(=O)C(C(=O)O)c1ccc(OC)cc1. The lowest BCUT2D eigenvalue weighted by molar-refractivity contribution is -0.143. The fourth-order valence-corrected chi connectivity index (χ4v) is 1.48. The number of hydrogen-bond acceptors (Lipinski definition) is 3. The molecule has 0 aliphatic rings. The largest absolute Gasteiger partial charge is 0.497 e. The zero-order valence-corrected chi connectivity index (χ0v) is 9.77. The molecular formula is C12H15NO4. The van der Waals surface area contributed by atoms with Gasteiger partial charge >= 0.3 is 5.97 Å². The molecule has 0 bridgehead atoms. The number of methoxy groups -OCH3 is 1. The number of carboxylic acid groups (broad SMARTS) is 1. The third-order valence-electron chi connectivity index (χ3n) is 2.31. The number of carboxylic acids is 1. The number of hydrogen-bond donors (Lipinski definition) is 2. The van der Waals surface area contributed by atoms with Crippen LogP contribution in [0.15, 0.2) is 24.3 Å². The number of carbonyl (C=O) groups excluding carboxylic acids is 1. The number of nitrogens with one attached hydrogen (secondary N) is 1. The van der Waals surface area contributed by atoms with E-state index in [1.807, 2.05) is 0 Å². The van der Waals surface area contributed by atoms with Crippen LogP contribution in [0.5, 0.6) is 5.75 Å². The van der Waals surface area contributed by atoms with Crippen LogP contribution in [-0.2, 0) is 9.59 Å². The third kappa shape index (κ3) is 3.21. The molecule has 92 valence electrons. The van der Waals surface area contributed by atoms with Crippen molar-refractivity contribution < 1.29 is 19.4 Å². The van der Waals surface area contributed by atoms with Crippen LogP contribution in [0, 0.1) is 0 Å². The molecule has 0 saturated heterocycles. The van der Waals surface area contributed by atoms with Gasteiger partial charge < -0.3 is 15.2 Å². The molecule has 1 aromatic rings. The lowest BCUT2D eigenvalue weighted by Crippen LogP contribution is -2.33. The number of aliphatic carboxylic acids is 1. The Morgan fingerprint density at radius 2 is 1.94 bits per heavy atom. The zero-order chi connectivity index (χ0) is 12.8. The monoisotopic (exact) mass is 237 g/mol. The van der Waals surface area contributed by atoms with Crippen molar-refractivity contribution in [1.29, 1.82) is 0 Å². The van der Waals surface area contributed by atoms with Gasteiger partial charge in [-0.25, -0.2) is 0 Å². The minimum absolute atomic E-state index is 0.402. The molecule has 0 aliphatic carbocycles. The first-order valence-electron chi connectivity index (χ1n) is 5.24. The lowest BCUT2D eigenvalue weighted by Gasteiger charge is -2.12. The molecule has 1 amide bonds. The number of carbonyl (C=O) groups is 2. The minimum Gasteiger partial charge on any atom is -0.497 e. The summed E-state index contributed by atoms with van der Waals surface area (Å²) in [5.74, 6) is -2.24. The lowest BCUT2D eigenvalue weighted by atomic mass is 9.98. The Morgan fingerprint density at radius 3 is 2.35 bits per heavy atom. The molecule has 1 unspecified atom stereocenters. The van der Waals surface area contributed by atoms with Crippen molar-refractivity contribution in [3.05, 3.63) is 29.8 Å². The van der Waals surface area contributed by atoms with Crippen LogP contribution in [0.25, 0.3) is 0 Å². The van der Waals surface area contributed by atoms with Gasteiger partial charge in [0.15, 0.2) is 5.92 Å². The van der Waals surface area contributed by atoms with Crippen LogP contribution in [0.2, 0.25) is 0 Å². The highest BCUT2D eigenvalue weighted by molar-refractivity contribution is 6.02. The molecule has 0 spiro atoms. The van der Waals surface area contributed by atoms with Gasteiger partial charge in [-0.05, 0) is 24.6 Å². The van der Waals surface area contributed by atoms with Crippen molar-refractivity contribution in [3.63, 3.8) is 0 Å². The van der Waals surface area contributed by atoms with Gasteiger partial charge in [0.1, 0.15) is 5.75 Å². The van der Waals surface area contributed by atoms with Crippen LogP contribution >= 0.6 is 0 Å². The molecule has 2 N–H and O–H groups in total. The molecule has 5 nitrogen and oxygen atoms in total. The first kappa shape index (κ1) is 13.0. The predicted octanol–water partition coefficient (Wildman–Crippen LogP) is 0.999. The average Bonchev–Trinajstić information content (AvgIpc) is 2.30. The zero-order valence-electron chi connectivity index (χ0n) is 9.77. The van der Waals surface area contributed by atoms with Gasteiger partial charge in [0.25, 0.3) is 0 Å². The highest BCUT2D eigenvalue weighted by Crippen LogP contribution is 2.20. The summed E-state index contributed by atoms with van der Waals surface area (Å²) in [5, 5.41) is 11.6. The molecule has 0 fully saturated rings. The molecule has 1 aromatic carbocycles. The smallest absolute Gasteiger partial charge is 0.320 e. The summed E-state index contributed by atoms with van der Waals surface area (Å²) < 4.78 is 4.97. The van der Waals surface area contributed by atoms with Crippen molar-refractivity contribution in [2.45, 2.75) is 12.8 Å². The van der Waals surface area contributed by atoms with E-state index >= 15 is 0 Å². The van der Waals surface area contributed by atoms with E-state index in [1.54, 1.807) is 31.2 Å². The van der Waals surface area contributed by atoms with Gasteiger partial charge in [0, 0.05) is 6.54 Å². The third-order valence-corrected chi connectivity index (χ3v) is 2.31. The summed E-state index contributed by atoms with van der Waals surface area (Å²) in [5.41, 5.74) is 0.434. The summed E-state index contributed by atoms with van der Waals surface area (Å²) >= 11 is 0. The van der Waals surface area contributed by atoms with E-state index in [0.29, 0.717) is 17.9 Å². The molecule has 1 rings (SSSR count). The molecule has 0 aliphatic heterocycles. The van der Waals surface area contributed by atoms with E-state index in [2.05, 4.69) is 5.32 Å². The summed E-state index contributed by atoms with van der Waals surface area (Å²) in [6.07, 6.45) is 0. The number of amides is 1. The number of likely N-dealkylation sites (N-methyl/N-ethyl adjacent to an activating group) is 1. The Morgan fingerprint density at radius 1 is 1.35 bits per heavy atom. The molecule has 0 aromatic heterocycles. The topological polar surface area (TPSA) is 75.6 Å². The van der Waals surface area contributed by atoms with Crippen LogP contribution in [0.1, 0.15) is 18.4 Å². The second-order valence-electron chi connectivity index (χ2n) is 3.44. The Balaban J connectivity index is 2.97. The van der Waals surface area contributed by atoms with Gasteiger partial charge in [-0.3, -0.25) is 9.59 Å². The Labute approximate surface area is 99.4 Å². The molecule has 5 heteroatoms. The fraction of sp³-hybridized carbons (Fsp3) is 0.333. The second kappa shape index (κ2) is 5.89. The van der Waals surface area contributed by atoms with E-state index in [1.165, 1.54) is 7.11 Å². The highest BCUT2D eigenvalue weighted by Gasteiger charge is 2.27. The Hall–Kier alpha value is -2.04. The quantitative estimate of drug-likeness (QED) is 0.749.